The number of carbonyl (C=O) groups excluding carboxylic acids is 1. The summed E-state index contributed by atoms with van der Waals surface area (Å²) in [4.78, 5) is 35.0. The van der Waals surface area contributed by atoms with Crippen molar-refractivity contribution in [3.63, 3.8) is 0 Å². The van der Waals surface area contributed by atoms with Crippen LogP contribution in [-0.2, 0) is 4.74 Å². The molecule has 1 aliphatic rings. The van der Waals surface area contributed by atoms with Gasteiger partial charge >= 0.3 is 5.97 Å². The zero-order valence-corrected chi connectivity index (χ0v) is 14.1. The quantitative estimate of drug-likeness (QED) is 0.821. The smallest absolute Gasteiger partial charge is 0.348 e. The summed E-state index contributed by atoms with van der Waals surface area (Å²) in [5.41, 5.74) is 0.438. The Morgan fingerprint density at radius 1 is 1.39 bits per heavy atom. The second kappa shape index (κ2) is 6.67. The Balaban J connectivity index is 2.04. The van der Waals surface area contributed by atoms with Gasteiger partial charge in [-0.1, -0.05) is 0 Å². The molecule has 2 aromatic rings. The van der Waals surface area contributed by atoms with E-state index in [1.54, 1.807) is 13.8 Å². The Bertz CT molecular complexity index is 775. The van der Waals surface area contributed by atoms with Crippen molar-refractivity contribution in [2.75, 3.05) is 37.7 Å². The molecule has 124 valence electrons. The summed E-state index contributed by atoms with van der Waals surface area (Å²) in [7, 11) is 0. The predicted molar refractivity (Wildman–Crippen MR) is 90.6 cm³/mol. The van der Waals surface area contributed by atoms with Crippen LogP contribution in [0.3, 0.4) is 0 Å². The number of nitrogens with one attached hydrogen (secondary N) is 2. The lowest BCUT2D eigenvalue weighted by molar-refractivity contribution is 0.0531. The van der Waals surface area contributed by atoms with Gasteiger partial charge in [-0.2, -0.15) is 0 Å². The van der Waals surface area contributed by atoms with Crippen molar-refractivity contribution in [1.82, 2.24) is 15.3 Å². The Morgan fingerprint density at radius 2 is 2.22 bits per heavy atom. The number of aromatic amines is 1. The van der Waals surface area contributed by atoms with Crippen LogP contribution < -0.4 is 15.8 Å². The molecular formula is C15H20N4O3S. The number of fused-ring (bicyclic) bond motifs is 1. The van der Waals surface area contributed by atoms with Crippen LogP contribution in [-0.4, -0.2) is 48.7 Å². The number of hydrogen-bond donors (Lipinski definition) is 2. The molecule has 3 heterocycles. The fourth-order valence-electron chi connectivity index (χ4n) is 2.73. The number of nitrogens with zero attached hydrogens (tertiary/aromatic N) is 2. The molecule has 0 amide bonds. The number of hydrogen-bond acceptors (Lipinski definition) is 7. The molecule has 0 saturated carbocycles. The highest BCUT2D eigenvalue weighted by Gasteiger charge is 2.21. The van der Waals surface area contributed by atoms with E-state index in [2.05, 4.69) is 20.2 Å². The Morgan fingerprint density at radius 3 is 3.00 bits per heavy atom. The van der Waals surface area contributed by atoms with E-state index < -0.39 is 5.97 Å². The van der Waals surface area contributed by atoms with Gasteiger partial charge in [-0.25, -0.2) is 9.78 Å². The molecule has 3 rings (SSSR count). The molecule has 1 fully saturated rings. The number of rotatable bonds is 3. The molecule has 0 aromatic carbocycles. The lowest BCUT2D eigenvalue weighted by atomic mass is 10.2. The third kappa shape index (κ3) is 3.09. The zero-order valence-electron chi connectivity index (χ0n) is 13.3. The van der Waals surface area contributed by atoms with E-state index in [9.17, 15) is 9.59 Å². The summed E-state index contributed by atoms with van der Waals surface area (Å²) in [6.07, 6.45) is 0.999. The normalized spacial score (nSPS) is 15.7. The molecule has 8 heteroatoms. The molecule has 23 heavy (non-hydrogen) atoms. The van der Waals surface area contributed by atoms with Crippen molar-refractivity contribution in [2.24, 2.45) is 0 Å². The van der Waals surface area contributed by atoms with Crippen LogP contribution in [0.4, 0.5) is 5.95 Å². The van der Waals surface area contributed by atoms with E-state index >= 15 is 0 Å². The number of ether oxygens (including phenoxy) is 1. The molecule has 0 unspecified atom stereocenters. The fourth-order valence-corrected chi connectivity index (χ4v) is 3.80. The first-order chi connectivity index (χ1) is 11.1. The number of H-pyrrole nitrogens is 1. The van der Waals surface area contributed by atoms with Gasteiger partial charge in [0.25, 0.3) is 5.56 Å². The first-order valence-corrected chi connectivity index (χ1v) is 8.59. The molecule has 7 nitrogen and oxygen atoms in total. The maximum atomic E-state index is 12.5. The van der Waals surface area contributed by atoms with Crippen molar-refractivity contribution < 1.29 is 9.53 Å². The van der Waals surface area contributed by atoms with Crippen LogP contribution in [0.2, 0.25) is 0 Å². The van der Waals surface area contributed by atoms with Gasteiger partial charge in [0, 0.05) is 19.6 Å². The summed E-state index contributed by atoms with van der Waals surface area (Å²) in [5.74, 6) is 0.177. The lowest BCUT2D eigenvalue weighted by Gasteiger charge is -2.19. The molecule has 2 N–H and O–H groups in total. The van der Waals surface area contributed by atoms with Gasteiger partial charge in [0.15, 0.2) is 0 Å². The van der Waals surface area contributed by atoms with E-state index in [1.165, 1.54) is 11.3 Å². The maximum absolute atomic E-state index is 12.5. The molecule has 1 aliphatic heterocycles. The van der Waals surface area contributed by atoms with E-state index in [-0.39, 0.29) is 5.56 Å². The van der Waals surface area contributed by atoms with Crippen LogP contribution in [0.15, 0.2) is 4.79 Å². The van der Waals surface area contributed by atoms with Crippen molar-refractivity contribution >= 4 is 33.5 Å². The van der Waals surface area contributed by atoms with E-state index in [1.807, 2.05) is 0 Å². The summed E-state index contributed by atoms with van der Waals surface area (Å²) >= 11 is 1.22. The molecular weight excluding hydrogens is 316 g/mol. The number of anilines is 1. The zero-order chi connectivity index (χ0) is 16.4. The van der Waals surface area contributed by atoms with Crippen LogP contribution in [0, 0.1) is 6.92 Å². The highest BCUT2D eigenvalue weighted by Crippen LogP contribution is 2.28. The van der Waals surface area contributed by atoms with Gasteiger partial charge in [0.05, 0.1) is 12.0 Å². The van der Waals surface area contributed by atoms with Crippen molar-refractivity contribution in [3.05, 3.63) is 20.8 Å². The molecule has 0 atom stereocenters. The van der Waals surface area contributed by atoms with Gasteiger partial charge in [0.1, 0.15) is 9.71 Å². The van der Waals surface area contributed by atoms with Crippen molar-refractivity contribution in [3.8, 4) is 0 Å². The second-order valence-electron chi connectivity index (χ2n) is 5.44. The lowest BCUT2D eigenvalue weighted by Crippen LogP contribution is -2.31. The summed E-state index contributed by atoms with van der Waals surface area (Å²) < 4.78 is 5.05. The van der Waals surface area contributed by atoms with Crippen LogP contribution >= 0.6 is 11.3 Å². The molecule has 0 radical (unpaired) electrons. The van der Waals surface area contributed by atoms with Gasteiger partial charge in [-0.3, -0.25) is 9.78 Å². The van der Waals surface area contributed by atoms with E-state index in [4.69, 9.17) is 4.74 Å². The standard InChI is InChI=1S/C15H20N4O3S/c1-3-22-14(21)11-9(2)10-12(20)17-15(18-13(10)23-11)19-7-4-5-16-6-8-19/h16H,3-8H2,1-2H3,(H,17,18,20). The van der Waals surface area contributed by atoms with Gasteiger partial charge < -0.3 is 15.0 Å². The van der Waals surface area contributed by atoms with Crippen molar-refractivity contribution in [1.29, 1.82) is 0 Å². The summed E-state index contributed by atoms with van der Waals surface area (Å²) in [6.45, 7) is 7.30. The van der Waals surface area contributed by atoms with Crippen LogP contribution in [0.5, 0.6) is 0 Å². The number of carbonyl (C=O) groups is 1. The minimum absolute atomic E-state index is 0.202. The third-order valence-electron chi connectivity index (χ3n) is 3.89. The first-order valence-electron chi connectivity index (χ1n) is 7.78. The summed E-state index contributed by atoms with van der Waals surface area (Å²) in [5, 5.41) is 3.80. The maximum Gasteiger partial charge on any atom is 0.348 e. The monoisotopic (exact) mass is 336 g/mol. The number of aryl methyl sites for hydroxylation is 1. The highest BCUT2D eigenvalue weighted by molar-refractivity contribution is 7.20. The number of aromatic nitrogens is 2. The number of esters is 1. The minimum atomic E-state index is -0.395. The van der Waals surface area contributed by atoms with Crippen molar-refractivity contribution in [2.45, 2.75) is 20.3 Å². The van der Waals surface area contributed by atoms with Gasteiger partial charge in [0.2, 0.25) is 5.95 Å². The first kappa shape index (κ1) is 15.9. The Kier molecular flexibility index (Phi) is 4.63. The van der Waals surface area contributed by atoms with E-state index in [0.717, 1.165) is 32.6 Å². The molecule has 2 aromatic heterocycles. The minimum Gasteiger partial charge on any atom is -0.462 e. The average Bonchev–Trinajstić information content (AvgIpc) is 2.72. The summed E-state index contributed by atoms with van der Waals surface area (Å²) in [6, 6.07) is 0. The molecule has 1 saturated heterocycles. The van der Waals surface area contributed by atoms with Gasteiger partial charge in [-0.15, -0.1) is 11.3 Å². The van der Waals surface area contributed by atoms with Crippen LogP contribution in [0.25, 0.3) is 10.2 Å². The fraction of sp³-hybridized carbons (Fsp3) is 0.533. The van der Waals surface area contributed by atoms with E-state index in [0.29, 0.717) is 33.2 Å². The Labute approximate surface area is 137 Å². The molecule has 0 bridgehead atoms. The number of thiophene rings is 1. The molecule has 0 aliphatic carbocycles. The predicted octanol–water partition coefficient (Wildman–Crippen LogP) is 1.27. The third-order valence-corrected chi connectivity index (χ3v) is 5.05. The van der Waals surface area contributed by atoms with Crippen LogP contribution in [0.1, 0.15) is 28.6 Å². The van der Waals surface area contributed by atoms with Gasteiger partial charge in [-0.05, 0) is 32.4 Å². The molecule has 0 spiro atoms. The SMILES string of the molecule is CCOC(=O)c1sc2nc(N3CCCNCC3)[nH]c(=O)c2c1C. The second-order valence-corrected chi connectivity index (χ2v) is 6.44. The topological polar surface area (TPSA) is 87.3 Å². The highest BCUT2D eigenvalue weighted by atomic mass is 32.1. The average molecular weight is 336 g/mol. The Hall–Kier alpha value is -1.93. The largest absolute Gasteiger partial charge is 0.462 e.